The van der Waals surface area contributed by atoms with E-state index in [1.54, 1.807) is 25.1 Å². The van der Waals surface area contributed by atoms with Gasteiger partial charge in [0.15, 0.2) is 0 Å². The topological polar surface area (TPSA) is 96.4 Å². The van der Waals surface area contributed by atoms with Crippen molar-refractivity contribution in [2.75, 3.05) is 0 Å². The van der Waals surface area contributed by atoms with Crippen LogP contribution in [0, 0.1) is 18.3 Å². The molecule has 0 saturated carbocycles. The highest BCUT2D eigenvalue weighted by molar-refractivity contribution is 9.10. The van der Waals surface area contributed by atoms with Crippen LogP contribution in [0.15, 0.2) is 40.9 Å². The molecule has 26 heavy (non-hydrogen) atoms. The van der Waals surface area contributed by atoms with Crippen LogP contribution in [0.3, 0.4) is 0 Å². The zero-order chi connectivity index (χ0) is 19.4. The van der Waals surface area contributed by atoms with Crippen LogP contribution in [0.4, 0.5) is 0 Å². The van der Waals surface area contributed by atoms with Gasteiger partial charge in [-0.25, -0.2) is 10.9 Å². The summed E-state index contributed by atoms with van der Waals surface area (Å²) in [6.45, 7) is 5.42. The number of imide groups is 1. The van der Waals surface area contributed by atoms with E-state index >= 15 is 0 Å². The van der Waals surface area contributed by atoms with Crippen molar-refractivity contribution in [1.29, 1.82) is 5.26 Å². The van der Waals surface area contributed by atoms with Crippen molar-refractivity contribution in [2.24, 2.45) is 5.84 Å². The standard InChI is InChI=1S/C19H18BrN3O3/c1-11(2)26-17-7-4-13(9-14(17)10-21)18(24)23(22)19(25)16-6-5-15(20)8-12(16)3/h4-9,11H,22H2,1-3H3. The van der Waals surface area contributed by atoms with Gasteiger partial charge in [0.05, 0.1) is 11.7 Å². The van der Waals surface area contributed by atoms with E-state index in [-0.39, 0.29) is 17.2 Å². The minimum atomic E-state index is -0.704. The molecule has 0 aliphatic carbocycles. The molecule has 0 unspecified atom stereocenters. The number of amides is 2. The number of benzene rings is 2. The Balaban J connectivity index is 2.30. The number of halogens is 1. The molecule has 2 aromatic carbocycles. The molecule has 2 amide bonds. The number of ether oxygens (including phenoxy) is 1. The minimum absolute atomic E-state index is 0.114. The van der Waals surface area contributed by atoms with E-state index in [2.05, 4.69) is 15.9 Å². The average Bonchev–Trinajstić information content (AvgIpc) is 2.59. The van der Waals surface area contributed by atoms with Crippen LogP contribution in [0.2, 0.25) is 0 Å². The smallest absolute Gasteiger partial charge is 0.275 e. The van der Waals surface area contributed by atoms with Crippen LogP contribution in [0.5, 0.6) is 5.75 Å². The molecule has 0 aliphatic rings. The van der Waals surface area contributed by atoms with Crippen LogP contribution in [-0.4, -0.2) is 22.9 Å². The maximum absolute atomic E-state index is 12.6. The lowest BCUT2D eigenvalue weighted by atomic mass is 10.1. The molecule has 0 spiro atoms. The molecule has 134 valence electrons. The normalized spacial score (nSPS) is 10.3. The number of hydrogen-bond donors (Lipinski definition) is 1. The molecule has 0 fully saturated rings. The summed E-state index contributed by atoms with van der Waals surface area (Å²) >= 11 is 3.32. The van der Waals surface area contributed by atoms with Gasteiger partial charge in [0.2, 0.25) is 0 Å². The zero-order valence-corrected chi connectivity index (χ0v) is 16.2. The number of carbonyl (C=O) groups is 2. The van der Waals surface area contributed by atoms with Crippen LogP contribution >= 0.6 is 15.9 Å². The van der Waals surface area contributed by atoms with Crippen molar-refractivity contribution >= 4 is 27.7 Å². The first kappa shape index (κ1) is 19.6. The van der Waals surface area contributed by atoms with Gasteiger partial charge in [-0.1, -0.05) is 15.9 Å². The molecule has 2 N–H and O–H groups in total. The van der Waals surface area contributed by atoms with Crippen LogP contribution in [-0.2, 0) is 0 Å². The number of rotatable bonds is 4. The monoisotopic (exact) mass is 415 g/mol. The third-order valence-electron chi connectivity index (χ3n) is 3.57. The van der Waals surface area contributed by atoms with E-state index in [4.69, 9.17) is 10.6 Å². The highest BCUT2D eigenvalue weighted by Crippen LogP contribution is 2.22. The Morgan fingerprint density at radius 2 is 1.88 bits per heavy atom. The fourth-order valence-corrected chi connectivity index (χ4v) is 2.81. The predicted octanol–water partition coefficient (Wildman–Crippen LogP) is 3.57. The first-order chi connectivity index (χ1) is 12.2. The fourth-order valence-electron chi connectivity index (χ4n) is 2.34. The van der Waals surface area contributed by atoms with E-state index < -0.39 is 11.8 Å². The Bertz CT molecular complexity index is 903. The van der Waals surface area contributed by atoms with E-state index in [9.17, 15) is 14.9 Å². The molecule has 0 radical (unpaired) electrons. The lowest BCUT2D eigenvalue weighted by Gasteiger charge is -2.17. The van der Waals surface area contributed by atoms with Gasteiger partial charge in [-0.15, -0.1) is 0 Å². The van der Waals surface area contributed by atoms with Gasteiger partial charge >= 0.3 is 0 Å². The molecule has 0 aromatic heterocycles. The third-order valence-corrected chi connectivity index (χ3v) is 4.06. The van der Waals surface area contributed by atoms with Gasteiger partial charge in [-0.05, 0) is 62.7 Å². The quantitative estimate of drug-likeness (QED) is 0.356. The molecule has 6 nitrogen and oxygen atoms in total. The number of aryl methyl sites for hydroxylation is 1. The second kappa shape index (κ2) is 8.13. The summed E-state index contributed by atoms with van der Waals surface area (Å²) in [5, 5.41) is 9.82. The molecular weight excluding hydrogens is 398 g/mol. The summed E-state index contributed by atoms with van der Waals surface area (Å²) in [6, 6.07) is 11.4. The highest BCUT2D eigenvalue weighted by Gasteiger charge is 2.23. The van der Waals surface area contributed by atoms with Crippen molar-refractivity contribution in [2.45, 2.75) is 26.9 Å². The molecule has 0 saturated heterocycles. The highest BCUT2D eigenvalue weighted by atomic mass is 79.9. The summed E-state index contributed by atoms with van der Waals surface area (Å²) in [5.74, 6) is 4.80. The zero-order valence-electron chi connectivity index (χ0n) is 14.6. The van der Waals surface area contributed by atoms with Gasteiger partial charge in [0.1, 0.15) is 11.8 Å². The lowest BCUT2D eigenvalue weighted by molar-refractivity contribution is 0.0615. The largest absolute Gasteiger partial charge is 0.490 e. The Hall–Kier alpha value is -2.69. The number of hydrogen-bond acceptors (Lipinski definition) is 5. The number of nitrogens with zero attached hydrogens (tertiary/aromatic N) is 2. The van der Waals surface area contributed by atoms with E-state index in [1.165, 1.54) is 18.2 Å². The van der Waals surface area contributed by atoms with Crippen LogP contribution < -0.4 is 10.6 Å². The Morgan fingerprint density at radius 1 is 1.19 bits per heavy atom. The average molecular weight is 416 g/mol. The van der Waals surface area contributed by atoms with Gasteiger partial charge in [-0.2, -0.15) is 5.26 Å². The van der Waals surface area contributed by atoms with Crippen molar-refractivity contribution in [3.05, 3.63) is 63.1 Å². The number of hydrazine groups is 1. The van der Waals surface area contributed by atoms with Crippen molar-refractivity contribution in [3.8, 4) is 11.8 Å². The van der Waals surface area contributed by atoms with Gasteiger partial charge in [-0.3, -0.25) is 9.59 Å². The predicted molar refractivity (Wildman–Crippen MR) is 100 cm³/mol. The maximum Gasteiger partial charge on any atom is 0.275 e. The number of nitrogens with two attached hydrogens (primary N) is 1. The Labute approximate surface area is 160 Å². The molecule has 0 atom stereocenters. The van der Waals surface area contributed by atoms with E-state index in [1.807, 2.05) is 19.9 Å². The third kappa shape index (κ3) is 4.28. The van der Waals surface area contributed by atoms with Crippen LogP contribution in [0.25, 0.3) is 0 Å². The fraction of sp³-hybridized carbons (Fsp3) is 0.211. The summed E-state index contributed by atoms with van der Waals surface area (Å²) in [4.78, 5) is 25.1. The summed E-state index contributed by atoms with van der Waals surface area (Å²) in [7, 11) is 0. The summed E-state index contributed by atoms with van der Waals surface area (Å²) < 4.78 is 6.35. The van der Waals surface area contributed by atoms with Gasteiger partial charge in [0, 0.05) is 15.6 Å². The lowest BCUT2D eigenvalue weighted by Crippen LogP contribution is -2.42. The number of carbonyl (C=O) groups excluding carboxylic acids is 2. The van der Waals surface area contributed by atoms with Crippen molar-refractivity contribution < 1.29 is 14.3 Å². The second-order valence-corrected chi connectivity index (χ2v) is 6.84. The van der Waals surface area contributed by atoms with Gasteiger partial charge in [0.25, 0.3) is 11.8 Å². The Kier molecular flexibility index (Phi) is 6.14. The minimum Gasteiger partial charge on any atom is -0.490 e. The molecule has 2 aromatic rings. The van der Waals surface area contributed by atoms with Crippen molar-refractivity contribution in [1.82, 2.24) is 5.01 Å². The van der Waals surface area contributed by atoms with Gasteiger partial charge < -0.3 is 4.74 Å². The van der Waals surface area contributed by atoms with E-state index in [0.29, 0.717) is 21.9 Å². The summed E-state index contributed by atoms with van der Waals surface area (Å²) in [5.41, 5.74) is 1.34. The maximum atomic E-state index is 12.6. The van der Waals surface area contributed by atoms with E-state index in [0.717, 1.165) is 4.47 Å². The molecule has 0 heterocycles. The summed E-state index contributed by atoms with van der Waals surface area (Å²) in [6.07, 6.45) is -0.114. The first-order valence-electron chi connectivity index (χ1n) is 7.85. The Morgan fingerprint density at radius 3 is 2.46 bits per heavy atom. The molecule has 7 heteroatoms. The molecule has 0 aliphatic heterocycles. The number of nitriles is 1. The second-order valence-electron chi connectivity index (χ2n) is 5.93. The van der Waals surface area contributed by atoms with Crippen LogP contribution in [0.1, 0.15) is 45.7 Å². The SMILES string of the molecule is Cc1cc(Br)ccc1C(=O)N(N)C(=O)c1ccc(OC(C)C)c(C#N)c1. The van der Waals surface area contributed by atoms with Crippen molar-refractivity contribution in [3.63, 3.8) is 0 Å². The first-order valence-corrected chi connectivity index (χ1v) is 8.64. The molecule has 0 bridgehead atoms. The molecule has 2 rings (SSSR count). The molecular formula is C19H18BrN3O3.